The Morgan fingerprint density at radius 1 is 1.14 bits per heavy atom. The number of thiocarbonyl (C=S) groups is 1. The minimum atomic E-state index is 0.345. The molecule has 0 radical (unpaired) electrons. The van der Waals surface area contributed by atoms with Gasteiger partial charge in [0.2, 0.25) is 0 Å². The molecule has 2 rings (SSSR count). The van der Waals surface area contributed by atoms with Crippen molar-refractivity contribution in [3.8, 4) is 11.5 Å². The van der Waals surface area contributed by atoms with Crippen molar-refractivity contribution in [1.29, 1.82) is 0 Å². The van der Waals surface area contributed by atoms with E-state index in [1.807, 2.05) is 30.3 Å². The maximum absolute atomic E-state index is 6.03. The van der Waals surface area contributed by atoms with Gasteiger partial charge in [0, 0.05) is 10.0 Å². The number of hydrogen-bond acceptors (Lipinski definition) is 3. The second kappa shape index (κ2) is 7.64. The monoisotopic (exact) mass is 385 g/mol. The van der Waals surface area contributed by atoms with Gasteiger partial charge in [0.05, 0.1) is 5.02 Å². The van der Waals surface area contributed by atoms with Crippen LogP contribution in [0.5, 0.6) is 11.5 Å². The lowest BCUT2D eigenvalue weighted by Gasteiger charge is -2.10. The molecule has 0 saturated heterocycles. The summed E-state index contributed by atoms with van der Waals surface area (Å²) in [6, 6.07) is 12.8. The van der Waals surface area contributed by atoms with Gasteiger partial charge in [-0.2, -0.15) is 0 Å². The first kappa shape index (κ1) is 16.1. The van der Waals surface area contributed by atoms with Crippen LogP contribution in [-0.4, -0.2) is 18.2 Å². The fourth-order valence-electron chi connectivity index (χ4n) is 1.64. The molecule has 0 heterocycles. The average Bonchev–Trinajstić information content (AvgIpc) is 2.47. The SMILES string of the molecule is NC(=S)c1cccc(OCCOc2cc(Br)ccc2Cl)c1. The highest BCUT2D eigenvalue weighted by Gasteiger charge is 2.03. The predicted molar refractivity (Wildman–Crippen MR) is 92.5 cm³/mol. The Bertz CT molecular complexity index is 651. The van der Waals surface area contributed by atoms with Crippen LogP contribution in [0.3, 0.4) is 0 Å². The van der Waals surface area contributed by atoms with Crippen molar-refractivity contribution in [2.24, 2.45) is 5.73 Å². The summed E-state index contributed by atoms with van der Waals surface area (Å²) in [5.74, 6) is 1.32. The quantitative estimate of drug-likeness (QED) is 0.597. The van der Waals surface area contributed by atoms with Crippen LogP contribution in [0.15, 0.2) is 46.9 Å². The first-order chi connectivity index (χ1) is 10.1. The van der Waals surface area contributed by atoms with Crippen molar-refractivity contribution in [3.63, 3.8) is 0 Å². The number of hydrogen-bond donors (Lipinski definition) is 1. The van der Waals surface area contributed by atoms with Gasteiger partial charge in [0.25, 0.3) is 0 Å². The molecule has 0 amide bonds. The van der Waals surface area contributed by atoms with Crippen LogP contribution in [0.4, 0.5) is 0 Å². The summed E-state index contributed by atoms with van der Waals surface area (Å²) < 4.78 is 12.1. The third-order valence-electron chi connectivity index (χ3n) is 2.62. The largest absolute Gasteiger partial charge is 0.490 e. The molecule has 0 saturated carbocycles. The van der Waals surface area contributed by atoms with Crippen molar-refractivity contribution in [2.75, 3.05) is 13.2 Å². The zero-order chi connectivity index (χ0) is 15.2. The minimum Gasteiger partial charge on any atom is -0.490 e. The Kier molecular flexibility index (Phi) is 5.85. The van der Waals surface area contributed by atoms with E-state index in [0.29, 0.717) is 34.7 Å². The Morgan fingerprint density at radius 3 is 2.67 bits per heavy atom. The zero-order valence-electron chi connectivity index (χ0n) is 11.0. The van der Waals surface area contributed by atoms with Crippen LogP contribution in [0.25, 0.3) is 0 Å². The van der Waals surface area contributed by atoms with Crippen LogP contribution < -0.4 is 15.2 Å². The lowest BCUT2D eigenvalue weighted by Crippen LogP contribution is -2.11. The van der Waals surface area contributed by atoms with Gasteiger partial charge in [-0.1, -0.05) is 51.9 Å². The topological polar surface area (TPSA) is 44.5 Å². The highest BCUT2D eigenvalue weighted by atomic mass is 79.9. The van der Waals surface area contributed by atoms with E-state index in [-0.39, 0.29) is 0 Å². The first-order valence-electron chi connectivity index (χ1n) is 6.17. The van der Waals surface area contributed by atoms with Crippen molar-refractivity contribution < 1.29 is 9.47 Å². The van der Waals surface area contributed by atoms with Crippen LogP contribution >= 0.6 is 39.7 Å². The summed E-state index contributed by atoms with van der Waals surface area (Å²) >= 11 is 14.3. The molecule has 2 aromatic rings. The number of ether oxygens (including phenoxy) is 2. The van der Waals surface area contributed by atoms with Crippen LogP contribution in [-0.2, 0) is 0 Å². The van der Waals surface area contributed by atoms with Crippen LogP contribution in [0.1, 0.15) is 5.56 Å². The van der Waals surface area contributed by atoms with E-state index in [1.54, 1.807) is 12.1 Å². The van der Waals surface area contributed by atoms with Gasteiger partial charge in [-0.15, -0.1) is 0 Å². The van der Waals surface area contributed by atoms with Gasteiger partial charge in [-0.05, 0) is 30.3 Å². The molecule has 0 fully saturated rings. The van der Waals surface area contributed by atoms with E-state index >= 15 is 0 Å². The molecule has 0 aliphatic carbocycles. The summed E-state index contributed by atoms with van der Waals surface area (Å²) in [6.45, 7) is 0.775. The van der Waals surface area contributed by atoms with E-state index in [4.69, 9.17) is 39.0 Å². The van der Waals surface area contributed by atoms with E-state index in [0.717, 1.165) is 10.0 Å². The molecule has 0 aliphatic heterocycles. The fourth-order valence-corrected chi connectivity index (χ4v) is 2.28. The van der Waals surface area contributed by atoms with Crippen molar-refractivity contribution >= 4 is 44.7 Å². The third-order valence-corrected chi connectivity index (χ3v) is 3.66. The maximum atomic E-state index is 6.03. The number of benzene rings is 2. The van der Waals surface area contributed by atoms with Gasteiger partial charge in [0.1, 0.15) is 29.7 Å². The van der Waals surface area contributed by atoms with Gasteiger partial charge in [-0.25, -0.2) is 0 Å². The molecular formula is C15H13BrClNO2S. The smallest absolute Gasteiger partial charge is 0.139 e. The van der Waals surface area contributed by atoms with Gasteiger partial charge < -0.3 is 15.2 Å². The standard InChI is InChI=1S/C15H13BrClNO2S/c16-11-4-5-13(17)14(9-11)20-7-6-19-12-3-1-2-10(8-12)15(18)21/h1-5,8-9H,6-7H2,(H2,18,21). The molecule has 0 aromatic heterocycles. The Balaban J connectivity index is 1.86. The van der Waals surface area contributed by atoms with Gasteiger partial charge in [0.15, 0.2) is 0 Å². The number of rotatable bonds is 6. The summed E-state index contributed by atoms with van der Waals surface area (Å²) in [6.07, 6.45) is 0. The summed E-state index contributed by atoms with van der Waals surface area (Å²) in [4.78, 5) is 0.345. The second-order valence-electron chi connectivity index (χ2n) is 4.16. The van der Waals surface area contributed by atoms with Crippen molar-refractivity contribution in [3.05, 3.63) is 57.5 Å². The zero-order valence-corrected chi connectivity index (χ0v) is 14.2. The Labute approximate surface area is 142 Å². The van der Waals surface area contributed by atoms with Gasteiger partial charge >= 0.3 is 0 Å². The minimum absolute atomic E-state index is 0.345. The Morgan fingerprint density at radius 2 is 1.90 bits per heavy atom. The normalized spacial score (nSPS) is 10.2. The van der Waals surface area contributed by atoms with Gasteiger partial charge in [-0.3, -0.25) is 0 Å². The van der Waals surface area contributed by atoms with Crippen molar-refractivity contribution in [1.82, 2.24) is 0 Å². The Hall–Kier alpha value is -1.30. The fraction of sp³-hybridized carbons (Fsp3) is 0.133. The third kappa shape index (κ3) is 4.88. The average molecular weight is 387 g/mol. The van der Waals surface area contributed by atoms with E-state index in [1.165, 1.54) is 0 Å². The summed E-state index contributed by atoms with van der Waals surface area (Å²) in [5.41, 5.74) is 6.35. The molecular weight excluding hydrogens is 374 g/mol. The molecule has 0 spiro atoms. The highest BCUT2D eigenvalue weighted by Crippen LogP contribution is 2.27. The maximum Gasteiger partial charge on any atom is 0.139 e. The summed E-state index contributed by atoms with van der Waals surface area (Å²) in [5, 5.41) is 0.564. The van der Waals surface area contributed by atoms with E-state index in [2.05, 4.69) is 15.9 Å². The van der Waals surface area contributed by atoms with Crippen molar-refractivity contribution in [2.45, 2.75) is 0 Å². The molecule has 0 aliphatic rings. The van der Waals surface area contributed by atoms with E-state index in [9.17, 15) is 0 Å². The molecule has 0 unspecified atom stereocenters. The van der Waals surface area contributed by atoms with Crippen LogP contribution in [0.2, 0.25) is 5.02 Å². The summed E-state index contributed by atoms with van der Waals surface area (Å²) in [7, 11) is 0. The predicted octanol–water partition coefficient (Wildman–Crippen LogP) is 4.19. The molecule has 2 N–H and O–H groups in total. The molecule has 110 valence electrons. The highest BCUT2D eigenvalue weighted by molar-refractivity contribution is 9.10. The number of halogens is 2. The molecule has 2 aromatic carbocycles. The second-order valence-corrected chi connectivity index (χ2v) is 5.93. The molecule has 3 nitrogen and oxygen atoms in total. The molecule has 21 heavy (non-hydrogen) atoms. The number of nitrogens with two attached hydrogens (primary N) is 1. The lowest BCUT2D eigenvalue weighted by atomic mass is 10.2. The molecule has 0 atom stereocenters. The lowest BCUT2D eigenvalue weighted by molar-refractivity contribution is 0.217. The molecule has 6 heteroatoms. The van der Waals surface area contributed by atoms with Crippen LogP contribution in [0, 0.1) is 0 Å². The molecule has 0 bridgehead atoms. The van der Waals surface area contributed by atoms with E-state index < -0.39 is 0 Å². The first-order valence-corrected chi connectivity index (χ1v) is 7.74.